The molecule has 0 aromatic heterocycles. The van der Waals surface area contributed by atoms with Gasteiger partial charge in [0.15, 0.2) is 0 Å². The number of hydrogen-bond acceptors (Lipinski definition) is 0. The first-order valence-electron chi connectivity index (χ1n) is 4.62. The van der Waals surface area contributed by atoms with Gasteiger partial charge in [-0.05, 0) is 76.0 Å². The summed E-state index contributed by atoms with van der Waals surface area (Å²) in [5.41, 5.74) is 0. The topological polar surface area (TPSA) is 0 Å². The van der Waals surface area contributed by atoms with Crippen molar-refractivity contribution in [2.24, 2.45) is 0 Å². The zero-order chi connectivity index (χ0) is 10.2. The van der Waals surface area contributed by atoms with E-state index in [1.165, 1.54) is 0 Å². The van der Waals surface area contributed by atoms with Gasteiger partial charge in [0.2, 0.25) is 0 Å². The fourth-order valence-corrected chi connectivity index (χ4v) is 0.843. The average Bonchev–Trinajstić information content (AvgIpc) is 2.92. The predicted octanol–water partition coefficient (Wildman–Crippen LogP) is 2.62. The van der Waals surface area contributed by atoms with Crippen LogP contribution in [0.1, 0.15) is 26.7 Å². The van der Waals surface area contributed by atoms with Gasteiger partial charge < -0.3 is 0 Å². The Bertz CT molecular complexity index is 105. The Labute approximate surface area is 111 Å². The van der Waals surface area contributed by atoms with Gasteiger partial charge in [-0.1, -0.05) is 13.8 Å². The van der Waals surface area contributed by atoms with Crippen LogP contribution in [0.3, 0.4) is 0 Å². The van der Waals surface area contributed by atoms with Crippen LogP contribution < -0.4 is 0 Å². The van der Waals surface area contributed by atoms with Gasteiger partial charge in [-0.15, -0.1) is 0 Å². The third kappa shape index (κ3) is 6.77. The monoisotopic (exact) mass is 362 g/mol. The van der Waals surface area contributed by atoms with Crippen molar-refractivity contribution in [1.82, 2.24) is 0 Å². The van der Waals surface area contributed by atoms with Gasteiger partial charge in [0, 0.05) is 21.1 Å². The molecule has 0 aliphatic heterocycles. The third-order valence-corrected chi connectivity index (χ3v) is 1.69. The molecule has 0 saturated heterocycles. The summed E-state index contributed by atoms with van der Waals surface area (Å²) in [7, 11) is 0. The summed E-state index contributed by atoms with van der Waals surface area (Å²) < 4.78 is 0. The van der Waals surface area contributed by atoms with Crippen LogP contribution in [0.2, 0.25) is 0 Å². The van der Waals surface area contributed by atoms with E-state index in [4.69, 9.17) is 0 Å². The van der Waals surface area contributed by atoms with E-state index in [0.29, 0.717) is 0 Å². The maximum atomic E-state index is 2.85. The van der Waals surface area contributed by atoms with Crippen molar-refractivity contribution in [3.05, 3.63) is 63.2 Å². The molecular formula is C14H10W. The minimum atomic E-state index is 0. The van der Waals surface area contributed by atoms with Crippen molar-refractivity contribution >= 4 is 0 Å². The van der Waals surface area contributed by atoms with E-state index in [9.17, 15) is 0 Å². The molecule has 0 spiro atoms. The van der Waals surface area contributed by atoms with Crippen LogP contribution in [-0.2, 0) is 21.1 Å². The Hall–Kier alpha value is 0.688. The molecule has 0 aromatic carbocycles. The summed E-state index contributed by atoms with van der Waals surface area (Å²) in [6, 6.07) is 0. The first-order valence-corrected chi connectivity index (χ1v) is 4.62. The van der Waals surface area contributed by atoms with Gasteiger partial charge >= 0.3 is 0 Å². The van der Waals surface area contributed by atoms with Gasteiger partial charge in [0.25, 0.3) is 0 Å². The second-order valence-corrected chi connectivity index (χ2v) is 2.66. The molecule has 2 aliphatic rings. The fraction of sp³-hybridized carbons (Fsp3) is 0.286. The Morgan fingerprint density at radius 1 is 0.667 bits per heavy atom. The Kier molecular flexibility index (Phi) is 10.3. The van der Waals surface area contributed by atoms with E-state index >= 15 is 0 Å². The van der Waals surface area contributed by atoms with Crippen LogP contribution in [0.5, 0.6) is 0 Å². The van der Waals surface area contributed by atoms with E-state index in [1.54, 1.807) is 0 Å². The van der Waals surface area contributed by atoms with Gasteiger partial charge in [-0.2, -0.15) is 0 Å². The maximum Gasteiger partial charge on any atom is 0 e. The summed E-state index contributed by atoms with van der Waals surface area (Å²) in [5.74, 6) is 2.14. The Morgan fingerprint density at radius 2 is 0.933 bits per heavy atom. The molecule has 2 aliphatic carbocycles. The first-order chi connectivity index (χ1) is 6.86. The summed E-state index contributed by atoms with van der Waals surface area (Å²) >= 11 is 0. The zero-order valence-electron chi connectivity index (χ0n) is 8.82. The quantitative estimate of drug-likeness (QED) is 0.709. The summed E-state index contributed by atoms with van der Waals surface area (Å²) in [6.45, 7) is 4.12. The number of rotatable bonds is 2. The minimum Gasteiger partial charge on any atom is -0.0648 e. The molecule has 1 heteroatoms. The number of hydrogen-bond donors (Lipinski definition) is 0. The molecule has 0 N–H and O–H groups in total. The molecule has 2 fully saturated rings. The van der Waals surface area contributed by atoms with E-state index in [2.05, 4.69) is 65.2 Å². The third-order valence-electron chi connectivity index (χ3n) is 1.69. The summed E-state index contributed by atoms with van der Waals surface area (Å²) in [5, 5.41) is 0. The van der Waals surface area contributed by atoms with Crippen LogP contribution in [0.4, 0.5) is 0 Å². The van der Waals surface area contributed by atoms with Crippen molar-refractivity contribution in [3.63, 3.8) is 0 Å². The molecule has 2 rings (SSSR count). The van der Waals surface area contributed by atoms with Gasteiger partial charge in [0.05, 0.1) is 0 Å². The summed E-state index contributed by atoms with van der Waals surface area (Å²) in [4.78, 5) is 0. The standard InChI is InChI=1S/2C7H5.W/c2*1-2-7-5-3-4-6-7;/h2*2H2,1H3;. The molecule has 0 nitrogen and oxygen atoms in total. The predicted molar refractivity (Wildman–Crippen MR) is 53.0 cm³/mol. The molecule has 2 saturated carbocycles. The molecule has 0 bridgehead atoms. The smallest absolute Gasteiger partial charge is 0 e. The normalized spacial score (nSPS) is 22.0. The SMILES string of the molecule is CC[C]1[C][C][C][C]1.CC[C]1[C][C][C][C]1.[W]. The van der Waals surface area contributed by atoms with Crippen molar-refractivity contribution in [1.29, 1.82) is 0 Å². The van der Waals surface area contributed by atoms with Crippen LogP contribution in [0.25, 0.3) is 0 Å². The van der Waals surface area contributed by atoms with Crippen LogP contribution in [-0.4, -0.2) is 0 Å². The van der Waals surface area contributed by atoms with Crippen molar-refractivity contribution in [2.75, 3.05) is 0 Å². The van der Waals surface area contributed by atoms with Crippen molar-refractivity contribution < 1.29 is 21.1 Å². The van der Waals surface area contributed by atoms with E-state index < -0.39 is 0 Å². The van der Waals surface area contributed by atoms with E-state index in [0.717, 1.165) is 24.7 Å². The van der Waals surface area contributed by atoms with Gasteiger partial charge in [-0.3, -0.25) is 0 Å². The molecule has 0 aromatic rings. The molecular weight excluding hydrogens is 352 g/mol. The molecule has 0 heterocycles. The Balaban J connectivity index is 0.000000245. The van der Waals surface area contributed by atoms with Crippen LogP contribution in [0.15, 0.2) is 0 Å². The minimum absolute atomic E-state index is 0. The molecule has 18 radical (unpaired) electrons. The molecule has 15 heavy (non-hydrogen) atoms. The zero-order valence-corrected chi connectivity index (χ0v) is 11.8. The molecule has 72 valence electrons. The molecule has 0 amide bonds. The summed E-state index contributed by atoms with van der Waals surface area (Å²) in [6.07, 6.45) is 24.1. The molecule has 0 atom stereocenters. The molecule has 0 unspecified atom stereocenters. The van der Waals surface area contributed by atoms with Crippen molar-refractivity contribution in [2.45, 2.75) is 26.7 Å². The van der Waals surface area contributed by atoms with Crippen molar-refractivity contribution in [3.8, 4) is 0 Å². The first kappa shape index (κ1) is 15.7. The second kappa shape index (κ2) is 9.88. The maximum absolute atomic E-state index is 2.85. The average molecular weight is 362 g/mol. The second-order valence-electron chi connectivity index (χ2n) is 2.66. The largest absolute Gasteiger partial charge is 0.0648 e. The van der Waals surface area contributed by atoms with Gasteiger partial charge in [-0.25, -0.2) is 0 Å². The van der Waals surface area contributed by atoms with E-state index in [1.807, 2.05) is 0 Å². The van der Waals surface area contributed by atoms with Crippen LogP contribution in [0, 0.1) is 63.2 Å². The fourth-order valence-electron chi connectivity index (χ4n) is 0.843. The van der Waals surface area contributed by atoms with E-state index in [-0.39, 0.29) is 21.1 Å². The Morgan fingerprint density at radius 3 is 1.07 bits per heavy atom. The van der Waals surface area contributed by atoms with Gasteiger partial charge in [0.1, 0.15) is 0 Å². The van der Waals surface area contributed by atoms with Crippen LogP contribution >= 0.6 is 0 Å².